The fraction of sp³-hybridized carbons (Fsp3) is 0.231. The Labute approximate surface area is 150 Å². The predicted octanol–water partition coefficient (Wildman–Crippen LogP) is 2.48. The number of thioether (sulfide) groups is 1. The van der Waals surface area contributed by atoms with Crippen LogP contribution in [0.4, 0.5) is 0 Å². The Morgan fingerprint density at radius 2 is 2.12 bits per heavy atom. The number of carboxylic acids is 1. The molecule has 1 fully saturated rings. The highest BCUT2D eigenvalue weighted by Gasteiger charge is 2.37. The molecule has 8 nitrogen and oxygen atoms in total. The van der Waals surface area contributed by atoms with Gasteiger partial charge in [0.15, 0.2) is 11.6 Å². The summed E-state index contributed by atoms with van der Waals surface area (Å²) in [7, 11) is 0. The van der Waals surface area contributed by atoms with Gasteiger partial charge in [0.1, 0.15) is 5.75 Å². The first-order chi connectivity index (χ1) is 11.3. The van der Waals surface area contributed by atoms with Crippen LogP contribution in [0.15, 0.2) is 28.9 Å². The van der Waals surface area contributed by atoms with Crippen molar-refractivity contribution >= 4 is 46.8 Å². The number of halogens is 2. The Kier molecular flexibility index (Phi) is 5.92. The second kappa shape index (κ2) is 7.73. The summed E-state index contributed by atoms with van der Waals surface area (Å²) < 4.78 is 5.28. The third-order valence-electron chi connectivity index (χ3n) is 2.93. The molecule has 0 atom stereocenters. The van der Waals surface area contributed by atoms with Crippen molar-refractivity contribution in [1.82, 2.24) is 4.90 Å². The van der Waals surface area contributed by atoms with Gasteiger partial charge >= 0.3 is 11.7 Å². The zero-order valence-electron chi connectivity index (χ0n) is 11.9. The van der Waals surface area contributed by atoms with Gasteiger partial charge in [-0.05, 0) is 18.2 Å². The third kappa shape index (κ3) is 4.11. The second-order valence-corrected chi connectivity index (χ2v) is 6.40. The first-order valence-corrected chi connectivity index (χ1v) is 8.18. The first-order valence-electron chi connectivity index (χ1n) is 6.44. The lowest BCUT2D eigenvalue weighted by molar-refractivity contribution is -0.422. The van der Waals surface area contributed by atoms with E-state index in [9.17, 15) is 19.7 Å². The van der Waals surface area contributed by atoms with Crippen molar-refractivity contribution in [2.45, 2.75) is 0 Å². The lowest BCUT2D eigenvalue weighted by Crippen LogP contribution is -2.33. The van der Waals surface area contributed by atoms with Crippen LogP contribution in [0.25, 0.3) is 0 Å². The molecule has 0 saturated carbocycles. The fourth-order valence-electron chi connectivity index (χ4n) is 1.90. The smallest absolute Gasteiger partial charge is 0.410 e. The highest BCUT2D eigenvalue weighted by molar-refractivity contribution is 8.03. The van der Waals surface area contributed by atoms with Gasteiger partial charge in [-0.3, -0.25) is 19.8 Å². The van der Waals surface area contributed by atoms with Gasteiger partial charge < -0.3 is 9.84 Å². The normalized spacial score (nSPS) is 16.0. The topological polar surface area (TPSA) is 110 Å². The minimum Gasteiger partial charge on any atom is -0.482 e. The fourth-order valence-corrected chi connectivity index (χ4v) is 3.48. The van der Waals surface area contributed by atoms with E-state index >= 15 is 0 Å². The molecule has 1 heterocycles. The van der Waals surface area contributed by atoms with E-state index in [2.05, 4.69) is 0 Å². The number of carbonyl (C=O) groups excluding carboxylic acids is 1. The SMILES string of the molecule is O=C(O)/C(=C1/SCCN1C(=O)COc1ccc(Cl)cc1Cl)[N+](=O)[O-]. The van der Waals surface area contributed by atoms with Crippen molar-refractivity contribution in [2.75, 3.05) is 18.9 Å². The predicted molar refractivity (Wildman–Crippen MR) is 87.8 cm³/mol. The van der Waals surface area contributed by atoms with E-state index in [0.29, 0.717) is 10.8 Å². The van der Waals surface area contributed by atoms with E-state index in [-0.39, 0.29) is 22.3 Å². The molecule has 11 heteroatoms. The lowest BCUT2D eigenvalue weighted by atomic mass is 10.3. The Hall–Kier alpha value is -1.97. The molecule has 0 unspecified atom stereocenters. The highest BCUT2D eigenvalue weighted by Crippen LogP contribution is 2.32. The van der Waals surface area contributed by atoms with Gasteiger partial charge in [0.05, 0.1) is 9.95 Å². The molecule has 1 amide bonds. The summed E-state index contributed by atoms with van der Waals surface area (Å²) in [6.45, 7) is -0.294. The molecule has 1 aliphatic rings. The zero-order chi connectivity index (χ0) is 17.9. The maximum Gasteiger partial charge on any atom is 0.410 e. The molecule has 0 aromatic heterocycles. The number of hydrogen-bond acceptors (Lipinski definition) is 6. The monoisotopic (exact) mass is 392 g/mol. The third-order valence-corrected chi connectivity index (χ3v) is 4.54. The van der Waals surface area contributed by atoms with Crippen LogP contribution in [-0.4, -0.2) is 45.7 Å². The Morgan fingerprint density at radius 1 is 1.42 bits per heavy atom. The summed E-state index contributed by atoms with van der Waals surface area (Å²) in [4.78, 5) is 34.2. The molecular weight excluding hydrogens is 383 g/mol. The van der Waals surface area contributed by atoms with Crippen LogP contribution in [0, 0.1) is 10.1 Å². The number of ether oxygens (including phenoxy) is 1. The number of amides is 1. The van der Waals surface area contributed by atoms with E-state index in [1.165, 1.54) is 18.2 Å². The number of benzene rings is 1. The molecule has 1 aliphatic heterocycles. The van der Waals surface area contributed by atoms with Gasteiger partial charge in [-0.25, -0.2) is 4.79 Å². The summed E-state index contributed by atoms with van der Waals surface area (Å²) in [5, 5.41) is 20.3. The highest BCUT2D eigenvalue weighted by atomic mass is 35.5. The number of rotatable bonds is 5. The minimum absolute atomic E-state index is 0.154. The van der Waals surface area contributed by atoms with Crippen molar-refractivity contribution in [3.05, 3.63) is 49.1 Å². The number of nitrogens with zero attached hydrogens (tertiary/aromatic N) is 2. The number of carboxylic acid groups (broad SMARTS) is 1. The molecule has 0 aliphatic carbocycles. The van der Waals surface area contributed by atoms with Gasteiger partial charge in [0.2, 0.25) is 0 Å². The first kappa shape index (κ1) is 18.4. The Morgan fingerprint density at radius 3 is 2.71 bits per heavy atom. The van der Waals surface area contributed by atoms with E-state index < -0.39 is 29.1 Å². The van der Waals surface area contributed by atoms with Crippen molar-refractivity contribution in [3.8, 4) is 5.75 Å². The van der Waals surface area contributed by atoms with Crippen molar-refractivity contribution < 1.29 is 24.4 Å². The van der Waals surface area contributed by atoms with Crippen LogP contribution < -0.4 is 4.74 Å². The van der Waals surface area contributed by atoms with E-state index in [0.717, 1.165) is 16.7 Å². The number of nitro groups is 1. The molecule has 1 N–H and O–H groups in total. The molecule has 24 heavy (non-hydrogen) atoms. The van der Waals surface area contributed by atoms with Gasteiger partial charge in [-0.2, -0.15) is 0 Å². The van der Waals surface area contributed by atoms with E-state index in [1.807, 2.05) is 0 Å². The molecule has 0 bridgehead atoms. The minimum atomic E-state index is -1.70. The molecular formula is C13H10Cl2N2O6S. The van der Waals surface area contributed by atoms with Gasteiger partial charge in [-0.15, -0.1) is 0 Å². The number of aliphatic carboxylic acids is 1. The van der Waals surface area contributed by atoms with Gasteiger partial charge in [0.25, 0.3) is 5.91 Å². The van der Waals surface area contributed by atoms with Crippen LogP contribution in [0.3, 0.4) is 0 Å². The molecule has 2 rings (SSSR count). The van der Waals surface area contributed by atoms with Gasteiger partial charge in [0, 0.05) is 17.3 Å². The molecule has 1 aromatic carbocycles. The summed E-state index contributed by atoms with van der Waals surface area (Å²) >= 11 is 12.6. The maximum absolute atomic E-state index is 12.2. The molecule has 0 spiro atoms. The molecule has 1 aromatic rings. The van der Waals surface area contributed by atoms with Crippen molar-refractivity contribution in [1.29, 1.82) is 0 Å². The largest absolute Gasteiger partial charge is 0.482 e. The average Bonchev–Trinajstić information content (AvgIpc) is 2.94. The van der Waals surface area contributed by atoms with E-state index in [4.69, 9.17) is 33.0 Å². The molecule has 1 saturated heterocycles. The molecule has 128 valence electrons. The number of carbonyl (C=O) groups is 2. The van der Waals surface area contributed by atoms with Crippen LogP contribution in [0.2, 0.25) is 10.0 Å². The van der Waals surface area contributed by atoms with Crippen LogP contribution in [-0.2, 0) is 9.59 Å². The van der Waals surface area contributed by atoms with Crippen LogP contribution in [0.1, 0.15) is 0 Å². The Balaban J connectivity index is 2.15. The summed E-state index contributed by atoms with van der Waals surface area (Å²) in [5.41, 5.74) is -1.03. The van der Waals surface area contributed by atoms with Crippen molar-refractivity contribution in [3.63, 3.8) is 0 Å². The Bertz CT molecular complexity index is 723. The van der Waals surface area contributed by atoms with Crippen molar-refractivity contribution in [2.24, 2.45) is 0 Å². The van der Waals surface area contributed by atoms with E-state index in [1.54, 1.807) is 0 Å². The van der Waals surface area contributed by atoms with Crippen LogP contribution >= 0.6 is 35.0 Å². The molecule has 0 radical (unpaired) electrons. The average molecular weight is 393 g/mol. The number of hydrogen-bond donors (Lipinski definition) is 1. The summed E-state index contributed by atoms with van der Waals surface area (Å²) in [6, 6.07) is 4.45. The quantitative estimate of drug-likeness (QED) is 0.465. The van der Waals surface area contributed by atoms with Gasteiger partial charge in [-0.1, -0.05) is 35.0 Å². The standard InChI is InChI=1S/C13H10Cl2N2O6S/c14-7-1-2-9(8(15)5-7)23-6-10(18)16-3-4-24-12(16)11(13(19)20)17(21)22/h1-2,5H,3-4,6H2,(H,19,20)/b12-11-. The van der Waals surface area contributed by atoms with Crippen LogP contribution in [0.5, 0.6) is 5.75 Å². The lowest BCUT2D eigenvalue weighted by Gasteiger charge is -2.17. The second-order valence-electron chi connectivity index (χ2n) is 4.47. The summed E-state index contributed by atoms with van der Waals surface area (Å²) in [6.07, 6.45) is 0. The zero-order valence-corrected chi connectivity index (χ0v) is 14.2. The summed E-state index contributed by atoms with van der Waals surface area (Å²) in [5.74, 6) is -1.74. The maximum atomic E-state index is 12.2.